The highest BCUT2D eigenvalue weighted by molar-refractivity contribution is 5.97. The van der Waals surface area contributed by atoms with Crippen molar-refractivity contribution in [3.8, 4) is 0 Å². The zero-order valence-electron chi connectivity index (χ0n) is 13.1. The van der Waals surface area contributed by atoms with Gasteiger partial charge in [0.25, 0.3) is 5.91 Å². The number of anilines is 1. The molecule has 4 N–H and O–H groups in total. The molecule has 0 unspecified atom stereocenters. The van der Waals surface area contributed by atoms with Gasteiger partial charge in [-0.2, -0.15) is 0 Å². The lowest BCUT2D eigenvalue weighted by atomic mass is 10.1. The number of aromatic nitrogens is 2. The first-order valence-corrected chi connectivity index (χ1v) is 6.71. The van der Waals surface area contributed by atoms with Crippen LogP contribution in [0.5, 0.6) is 0 Å². The molecule has 1 amide bonds. The van der Waals surface area contributed by atoms with Gasteiger partial charge in [-0.05, 0) is 39.3 Å². The molecule has 0 bridgehead atoms. The summed E-state index contributed by atoms with van der Waals surface area (Å²) in [6.45, 7) is 15.8. The standard InChI is InChI=1S/C15H23N5O/c1-7-17-14(21)10(4)8-13(9(2)3)20-12(6)11(5)18-15(20)19-16/h8H,2,4,7,16H2,1,3,5-6H3,(H,17,21)(H,18,19)/b13-8-. The minimum absolute atomic E-state index is 0.215. The smallest absolute Gasteiger partial charge is 0.250 e. The van der Waals surface area contributed by atoms with Gasteiger partial charge in [0, 0.05) is 17.8 Å². The van der Waals surface area contributed by atoms with Gasteiger partial charge in [-0.15, -0.1) is 0 Å². The third-order valence-electron chi connectivity index (χ3n) is 3.09. The van der Waals surface area contributed by atoms with Crippen molar-refractivity contribution in [1.29, 1.82) is 0 Å². The van der Waals surface area contributed by atoms with Crippen molar-refractivity contribution in [2.75, 3.05) is 12.0 Å². The second kappa shape index (κ2) is 6.90. The lowest BCUT2D eigenvalue weighted by Crippen LogP contribution is -2.23. The quantitative estimate of drug-likeness (QED) is 0.323. The van der Waals surface area contributed by atoms with Gasteiger partial charge in [0.05, 0.1) is 11.4 Å². The van der Waals surface area contributed by atoms with E-state index in [1.54, 1.807) is 6.08 Å². The maximum atomic E-state index is 11.8. The summed E-state index contributed by atoms with van der Waals surface area (Å²) in [4.78, 5) is 16.2. The van der Waals surface area contributed by atoms with E-state index < -0.39 is 0 Å². The van der Waals surface area contributed by atoms with Crippen molar-refractivity contribution >= 4 is 17.6 Å². The maximum absolute atomic E-state index is 11.8. The number of hydrogen-bond acceptors (Lipinski definition) is 4. The van der Waals surface area contributed by atoms with E-state index in [0.717, 1.165) is 22.7 Å². The molecular formula is C15H23N5O. The number of likely N-dealkylation sites (N-methyl/N-ethyl adjacent to an activating group) is 1. The fourth-order valence-corrected chi connectivity index (χ4v) is 1.89. The number of hydrazine groups is 1. The highest BCUT2D eigenvalue weighted by Crippen LogP contribution is 2.25. The molecule has 0 saturated heterocycles. The molecule has 1 rings (SSSR count). The number of nitrogen functional groups attached to an aromatic ring is 1. The van der Waals surface area contributed by atoms with Gasteiger partial charge < -0.3 is 5.32 Å². The van der Waals surface area contributed by atoms with Gasteiger partial charge in [0.2, 0.25) is 5.95 Å². The third kappa shape index (κ3) is 3.61. The zero-order chi connectivity index (χ0) is 16.2. The largest absolute Gasteiger partial charge is 0.352 e. The molecule has 0 aliphatic heterocycles. The average Bonchev–Trinajstić information content (AvgIpc) is 2.71. The van der Waals surface area contributed by atoms with Crippen LogP contribution in [0.15, 0.2) is 30.4 Å². The summed E-state index contributed by atoms with van der Waals surface area (Å²) in [7, 11) is 0. The highest BCUT2D eigenvalue weighted by atomic mass is 16.1. The predicted octanol–water partition coefficient (Wildman–Crippen LogP) is 1.89. The molecule has 0 aromatic carbocycles. The van der Waals surface area contributed by atoms with E-state index in [1.165, 1.54) is 0 Å². The first-order valence-electron chi connectivity index (χ1n) is 6.71. The summed E-state index contributed by atoms with van der Waals surface area (Å²) in [6.07, 6.45) is 1.68. The molecule has 1 aromatic rings. The molecule has 6 heteroatoms. The lowest BCUT2D eigenvalue weighted by molar-refractivity contribution is -0.117. The molecule has 0 atom stereocenters. The SMILES string of the molecule is C=C(/C=C(/C(=C)C)n1c(NN)nc(C)c1C)C(=O)NCC. The van der Waals surface area contributed by atoms with Crippen LogP contribution in [0.1, 0.15) is 25.2 Å². The number of nitrogens with one attached hydrogen (secondary N) is 2. The van der Waals surface area contributed by atoms with Crippen molar-refractivity contribution in [2.45, 2.75) is 27.7 Å². The average molecular weight is 289 g/mol. The Labute approximate surface area is 125 Å². The number of allylic oxidation sites excluding steroid dienone is 2. The Balaban J connectivity index is 3.35. The molecular weight excluding hydrogens is 266 g/mol. The van der Waals surface area contributed by atoms with Crippen LogP contribution in [0.25, 0.3) is 5.70 Å². The summed E-state index contributed by atoms with van der Waals surface area (Å²) in [6, 6.07) is 0. The van der Waals surface area contributed by atoms with E-state index in [4.69, 9.17) is 5.84 Å². The molecule has 1 aromatic heterocycles. The summed E-state index contributed by atoms with van der Waals surface area (Å²) in [5.41, 5.74) is 6.17. The van der Waals surface area contributed by atoms with Crippen LogP contribution >= 0.6 is 0 Å². The van der Waals surface area contributed by atoms with E-state index >= 15 is 0 Å². The van der Waals surface area contributed by atoms with Crippen molar-refractivity contribution < 1.29 is 4.79 Å². The van der Waals surface area contributed by atoms with Crippen LogP contribution in [0.3, 0.4) is 0 Å². The fraction of sp³-hybridized carbons (Fsp3) is 0.333. The summed E-state index contributed by atoms with van der Waals surface area (Å²) in [5, 5.41) is 2.71. The first-order chi connectivity index (χ1) is 9.83. The molecule has 6 nitrogen and oxygen atoms in total. The van der Waals surface area contributed by atoms with Gasteiger partial charge in [-0.25, -0.2) is 10.8 Å². The molecule has 0 saturated carbocycles. The van der Waals surface area contributed by atoms with Crippen molar-refractivity contribution in [3.05, 3.63) is 41.8 Å². The summed E-state index contributed by atoms with van der Waals surface area (Å²) in [5.74, 6) is 5.79. The molecule has 0 aliphatic carbocycles. The summed E-state index contributed by atoms with van der Waals surface area (Å²) >= 11 is 0. The number of carbonyl (C=O) groups is 1. The normalized spacial score (nSPS) is 11.2. The minimum atomic E-state index is -0.215. The van der Waals surface area contributed by atoms with Crippen LogP contribution < -0.4 is 16.6 Å². The van der Waals surface area contributed by atoms with E-state index in [2.05, 4.69) is 28.9 Å². The molecule has 0 spiro atoms. The van der Waals surface area contributed by atoms with Crippen LogP contribution in [-0.2, 0) is 4.79 Å². The number of aryl methyl sites for hydroxylation is 1. The molecule has 21 heavy (non-hydrogen) atoms. The van der Waals surface area contributed by atoms with Crippen LogP contribution in [0, 0.1) is 13.8 Å². The van der Waals surface area contributed by atoms with Crippen LogP contribution in [0.4, 0.5) is 5.95 Å². The molecule has 0 radical (unpaired) electrons. The van der Waals surface area contributed by atoms with Crippen molar-refractivity contribution in [1.82, 2.24) is 14.9 Å². The highest BCUT2D eigenvalue weighted by Gasteiger charge is 2.15. The van der Waals surface area contributed by atoms with Gasteiger partial charge in [0.1, 0.15) is 0 Å². The van der Waals surface area contributed by atoms with E-state index in [0.29, 0.717) is 18.1 Å². The van der Waals surface area contributed by atoms with Gasteiger partial charge in [-0.3, -0.25) is 14.8 Å². The zero-order valence-corrected chi connectivity index (χ0v) is 13.1. The number of imidazole rings is 1. The Morgan fingerprint density at radius 3 is 2.52 bits per heavy atom. The molecule has 0 aliphatic rings. The minimum Gasteiger partial charge on any atom is -0.352 e. The molecule has 1 heterocycles. The second-order valence-electron chi connectivity index (χ2n) is 4.78. The maximum Gasteiger partial charge on any atom is 0.250 e. The Kier molecular flexibility index (Phi) is 5.49. The van der Waals surface area contributed by atoms with E-state index in [9.17, 15) is 4.79 Å². The van der Waals surface area contributed by atoms with Gasteiger partial charge in [0.15, 0.2) is 0 Å². The Morgan fingerprint density at radius 1 is 1.43 bits per heavy atom. The monoisotopic (exact) mass is 289 g/mol. The van der Waals surface area contributed by atoms with E-state index in [-0.39, 0.29) is 5.91 Å². The van der Waals surface area contributed by atoms with Crippen LogP contribution in [0.2, 0.25) is 0 Å². The number of amides is 1. The third-order valence-corrected chi connectivity index (χ3v) is 3.09. The van der Waals surface area contributed by atoms with Gasteiger partial charge in [-0.1, -0.05) is 13.2 Å². The Hall–Kier alpha value is -2.34. The number of carbonyl (C=O) groups excluding carboxylic acids is 1. The predicted molar refractivity (Wildman–Crippen MR) is 86.4 cm³/mol. The number of nitrogens with two attached hydrogens (primary N) is 1. The van der Waals surface area contributed by atoms with Crippen molar-refractivity contribution in [3.63, 3.8) is 0 Å². The second-order valence-corrected chi connectivity index (χ2v) is 4.78. The topological polar surface area (TPSA) is 85.0 Å². The Bertz CT molecular complexity index is 610. The number of hydrogen-bond donors (Lipinski definition) is 3. The van der Waals surface area contributed by atoms with Crippen LogP contribution in [-0.4, -0.2) is 22.0 Å². The number of nitrogens with zero attached hydrogens (tertiary/aromatic N) is 2. The molecule has 114 valence electrons. The fourth-order valence-electron chi connectivity index (χ4n) is 1.89. The van der Waals surface area contributed by atoms with E-state index in [1.807, 2.05) is 32.3 Å². The van der Waals surface area contributed by atoms with Crippen molar-refractivity contribution in [2.24, 2.45) is 5.84 Å². The summed E-state index contributed by atoms with van der Waals surface area (Å²) < 4.78 is 1.82. The first kappa shape index (κ1) is 16.7. The Morgan fingerprint density at radius 2 is 2.05 bits per heavy atom. The lowest BCUT2D eigenvalue weighted by Gasteiger charge is -2.15. The molecule has 0 fully saturated rings. The number of rotatable bonds is 6. The van der Waals surface area contributed by atoms with Gasteiger partial charge >= 0.3 is 0 Å².